The Morgan fingerprint density at radius 3 is 2.59 bits per heavy atom. The van der Waals surface area contributed by atoms with Gasteiger partial charge in [-0.1, -0.05) is 12.1 Å². The monoisotopic (exact) mass is 336 g/mol. The quantitative estimate of drug-likeness (QED) is 0.887. The molecule has 0 aromatic heterocycles. The number of piperidine rings is 1. The third kappa shape index (κ3) is 3.99. The second kappa shape index (κ2) is 6.55. The maximum absolute atomic E-state index is 13.0. The molecule has 1 aromatic carbocycles. The third-order valence-electron chi connectivity index (χ3n) is 3.87. The van der Waals surface area contributed by atoms with Crippen molar-refractivity contribution in [3.8, 4) is 0 Å². The molecule has 2 atom stereocenters. The van der Waals surface area contributed by atoms with E-state index in [9.17, 15) is 21.6 Å². The van der Waals surface area contributed by atoms with E-state index in [0.29, 0.717) is 6.54 Å². The highest BCUT2D eigenvalue weighted by Gasteiger charge is 2.37. The first-order valence-electron chi connectivity index (χ1n) is 7.11. The molecule has 0 aliphatic carbocycles. The van der Waals surface area contributed by atoms with E-state index in [1.54, 1.807) is 6.92 Å². The van der Waals surface area contributed by atoms with E-state index in [1.165, 1.54) is 12.1 Å². The van der Waals surface area contributed by atoms with Crippen LogP contribution in [0.2, 0.25) is 0 Å². The molecule has 2 rings (SSSR count). The molecule has 1 aliphatic rings. The van der Waals surface area contributed by atoms with Crippen LogP contribution in [0.15, 0.2) is 29.2 Å². The molecule has 124 valence electrons. The zero-order chi connectivity index (χ0) is 16.4. The van der Waals surface area contributed by atoms with Gasteiger partial charge in [0.25, 0.3) is 0 Å². The van der Waals surface area contributed by atoms with Crippen LogP contribution in [0.4, 0.5) is 13.2 Å². The highest BCUT2D eigenvalue weighted by Crippen LogP contribution is 2.34. The number of benzene rings is 1. The normalized spacial score (nSPS) is 21.5. The van der Waals surface area contributed by atoms with Gasteiger partial charge in [0, 0.05) is 6.04 Å². The number of hydrogen-bond donors (Lipinski definition) is 2. The summed E-state index contributed by atoms with van der Waals surface area (Å²) in [5.74, 6) is 0.0709. The Balaban J connectivity index is 2.24. The molecule has 1 fully saturated rings. The predicted molar refractivity (Wildman–Crippen MR) is 76.8 cm³/mol. The van der Waals surface area contributed by atoms with E-state index in [1.807, 2.05) is 0 Å². The van der Waals surface area contributed by atoms with Gasteiger partial charge in [-0.25, -0.2) is 13.1 Å². The summed E-state index contributed by atoms with van der Waals surface area (Å²) in [6.07, 6.45) is -2.94. The number of alkyl halides is 3. The van der Waals surface area contributed by atoms with E-state index in [4.69, 9.17) is 0 Å². The minimum Gasteiger partial charge on any atom is -0.316 e. The average Bonchev–Trinajstić information content (AvgIpc) is 2.47. The number of hydrogen-bond acceptors (Lipinski definition) is 3. The van der Waals surface area contributed by atoms with Crippen LogP contribution in [0.25, 0.3) is 0 Å². The standard InChI is InChI=1S/C14H19F3N2O2S/c1-10(11-5-4-8-18-9-11)19-22(20,21)13-7-3-2-6-12(13)14(15,16)17/h2-3,6-7,10-11,18-19H,4-5,8-9H2,1H3. The SMILES string of the molecule is CC(NS(=O)(=O)c1ccccc1C(F)(F)F)C1CCCNC1. The molecular formula is C14H19F3N2O2S. The number of halogens is 3. The fourth-order valence-corrected chi connectivity index (χ4v) is 4.19. The van der Waals surface area contributed by atoms with Crippen molar-refractivity contribution in [1.82, 2.24) is 10.0 Å². The molecular weight excluding hydrogens is 317 g/mol. The fourth-order valence-electron chi connectivity index (χ4n) is 2.65. The lowest BCUT2D eigenvalue weighted by Crippen LogP contribution is -2.44. The Hall–Kier alpha value is -1.12. The van der Waals surface area contributed by atoms with E-state index < -0.39 is 32.7 Å². The minimum atomic E-state index is -4.71. The molecule has 1 aliphatic heterocycles. The van der Waals surface area contributed by atoms with Gasteiger partial charge in [-0.2, -0.15) is 13.2 Å². The summed E-state index contributed by atoms with van der Waals surface area (Å²) in [6.45, 7) is 3.23. The maximum atomic E-state index is 13.0. The summed E-state index contributed by atoms with van der Waals surface area (Å²) in [5, 5.41) is 3.16. The molecule has 2 N–H and O–H groups in total. The molecule has 22 heavy (non-hydrogen) atoms. The molecule has 0 spiro atoms. The summed E-state index contributed by atoms with van der Waals surface area (Å²) < 4.78 is 65.9. The van der Waals surface area contributed by atoms with Crippen molar-refractivity contribution < 1.29 is 21.6 Å². The van der Waals surface area contributed by atoms with E-state index in [0.717, 1.165) is 31.5 Å². The lowest BCUT2D eigenvalue weighted by atomic mass is 9.94. The Kier molecular flexibility index (Phi) is 5.14. The number of nitrogens with one attached hydrogen (secondary N) is 2. The summed E-state index contributed by atoms with van der Waals surface area (Å²) in [7, 11) is -4.22. The van der Waals surface area contributed by atoms with E-state index >= 15 is 0 Å². The smallest absolute Gasteiger partial charge is 0.316 e. The van der Waals surface area contributed by atoms with Crippen molar-refractivity contribution >= 4 is 10.0 Å². The Bertz CT molecular complexity index is 611. The van der Waals surface area contributed by atoms with Gasteiger partial charge in [-0.15, -0.1) is 0 Å². The zero-order valence-corrected chi connectivity index (χ0v) is 13.0. The maximum Gasteiger partial charge on any atom is 0.417 e. The molecule has 1 heterocycles. The van der Waals surface area contributed by atoms with E-state index in [-0.39, 0.29) is 5.92 Å². The van der Waals surface area contributed by atoms with E-state index in [2.05, 4.69) is 10.0 Å². The second-order valence-electron chi connectivity index (χ2n) is 5.51. The van der Waals surface area contributed by atoms with Gasteiger partial charge in [-0.05, 0) is 50.9 Å². The van der Waals surface area contributed by atoms with Crippen molar-refractivity contribution in [2.75, 3.05) is 13.1 Å². The van der Waals surface area contributed by atoms with Crippen molar-refractivity contribution in [3.05, 3.63) is 29.8 Å². The Morgan fingerprint density at radius 2 is 2.00 bits per heavy atom. The summed E-state index contributed by atoms with van der Waals surface area (Å²) in [5.41, 5.74) is -1.14. The van der Waals surface area contributed by atoms with Gasteiger partial charge in [0.2, 0.25) is 10.0 Å². The van der Waals surface area contributed by atoms with Crippen LogP contribution in [0.3, 0.4) is 0 Å². The zero-order valence-electron chi connectivity index (χ0n) is 12.2. The lowest BCUT2D eigenvalue weighted by molar-refractivity contribution is -0.139. The van der Waals surface area contributed by atoms with Crippen molar-refractivity contribution in [3.63, 3.8) is 0 Å². The Labute approximate surface area is 128 Å². The van der Waals surface area contributed by atoms with Crippen LogP contribution >= 0.6 is 0 Å². The van der Waals surface area contributed by atoms with Crippen LogP contribution in [0.5, 0.6) is 0 Å². The molecule has 4 nitrogen and oxygen atoms in total. The molecule has 0 bridgehead atoms. The fraction of sp³-hybridized carbons (Fsp3) is 0.571. The van der Waals surface area contributed by atoms with Gasteiger partial charge in [0.1, 0.15) is 0 Å². The van der Waals surface area contributed by atoms with Crippen molar-refractivity contribution in [2.45, 2.75) is 36.9 Å². The molecule has 0 radical (unpaired) electrons. The molecule has 0 saturated carbocycles. The number of sulfonamides is 1. The third-order valence-corrected chi connectivity index (χ3v) is 5.48. The van der Waals surface area contributed by atoms with Gasteiger partial charge in [-0.3, -0.25) is 0 Å². The first-order chi connectivity index (χ1) is 10.2. The van der Waals surface area contributed by atoms with Gasteiger partial charge in [0.05, 0.1) is 10.5 Å². The predicted octanol–water partition coefficient (Wildman–Crippen LogP) is 2.37. The highest BCUT2D eigenvalue weighted by atomic mass is 32.2. The second-order valence-corrected chi connectivity index (χ2v) is 7.19. The van der Waals surface area contributed by atoms with Crippen LogP contribution in [-0.4, -0.2) is 27.5 Å². The Morgan fingerprint density at radius 1 is 1.32 bits per heavy atom. The molecule has 2 unspecified atom stereocenters. The number of rotatable bonds is 4. The molecule has 1 aromatic rings. The summed E-state index contributed by atoms with van der Waals surface area (Å²) in [6, 6.07) is 3.80. The van der Waals surface area contributed by atoms with Gasteiger partial charge >= 0.3 is 6.18 Å². The van der Waals surface area contributed by atoms with Crippen molar-refractivity contribution in [1.29, 1.82) is 0 Å². The first-order valence-corrected chi connectivity index (χ1v) is 8.59. The summed E-state index contributed by atoms with van der Waals surface area (Å²) in [4.78, 5) is -0.724. The summed E-state index contributed by atoms with van der Waals surface area (Å²) >= 11 is 0. The largest absolute Gasteiger partial charge is 0.417 e. The van der Waals surface area contributed by atoms with Gasteiger partial charge < -0.3 is 5.32 Å². The first kappa shape index (κ1) is 17.2. The van der Waals surface area contributed by atoms with Crippen LogP contribution in [0, 0.1) is 5.92 Å². The lowest BCUT2D eigenvalue weighted by Gasteiger charge is -2.29. The van der Waals surface area contributed by atoms with Crippen LogP contribution in [0.1, 0.15) is 25.3 Å². The molecule has 0 amide bonds. The van der Waals surface area contributed by atoms with Crippen LogP contribution in [-0.2, 0) is 16.2 Å². The van der Waals surface area contributed by atoms with Crippen LogP contribution < -0.4 is 10.0 Å². The van der Waals surface area contributed by atoms with Crippen molar-refractivity contribution in [2.24, 2.45) is 5.92 Å². The molecule has 1 saturated heterocycles. The molecule has 8 heteroatoms. The highest BCUT2D eigenvalue weighted by molar-refractivity contribution is 7.89. The average molecular weight is 336 g/mol. The van der Waals surface area contributed by atoms with Gasteiger partial charge in [0.15, 0.2) is 0 Å². The minimum absolute atomic E-state index is 0.0709. The topological polar surface area (TPSA) is 58.2 Å².